The van der Waals surface area contributed by atoms with Gasteiger partial charge in [-0.3, -0.25) is 19.2 Å². The van der Waals surface area contributed by atoms with E-state index in [1.54, 1.807) is 46.9 Å². The predicted octanol–water partition coefficient (Wildman–Crippen LogP) is 16.3. The molecule has 0 atom stereocenters. The Labute approximate surface area is 437 Å². The molecule has 8 heteroatoms. The number of Topliss-reactive ketones (excluding diaryl/α,β-unsaturated/α-hetero) is 4. The molecule has 4 nitrogen and oxygen atoms in total. The number of carbonyl (C=O) groups excluding carboxylic acids is 4. The van der Waals surface area contributed by atoms with Crippen LogP contribution in [-0.2, 0) is 0 Å². The molecule has 0 radical (unpaired) electrons. The van der Waals surface area contributed by atoms with Crippen molar-refractivity contribution in [1.82, 2.24) is 0 Å². The zero-order valence-electron chi connectivity index (χ0n) is 43.1. The standard InChI is InChI=1S/C64H60O4S4/c1-31(2)37-25-43(33(5)6)55(44(26-37)34(7)8)47-29-53(49-21-23-51(69-49)57-59(65)39-17-13-14-18-40(39)60(57)66)71-63(47)64-48(56-45(35(9)10)27-38(32(3)4)28-46(56)36(11)12)30-54(72-64)50-22-24-52(70-50)58-61(67)41-19-15-16-20-42(41)62(58)68/h13-36H,1-12H3/b53-49+,54-50+,64-63+. The lowest BCUT2D eigenvalue weighted by Gasteiger charge is -2.23. The molecule has 0 saturated carbocycles. The monoisotopic (exact) mass is 1020 g/mol. The van der Waals surface area contributed by atoms with E-state index >= 15 is 0 Å². The van der Waals surface area contributed by atoms with Crippen molar-refractivity contribution in [3.8, 4) is 22.3 Å². The summed E-state index contributed by atoms with van der Waals surface area (Å²) in [4.78, 5) is 55.4. The summed E-state index contributed by atoms with van der Waals surface area (Å²) >= 11 is 6.58. The molecule has 0 unspecified atom stereocenters. The second-order valence-electron chi connectivity index (χ2n) is 21.3. The smallest absolute Gasteiger partial charge is 0.199 e. The third-order valence-corrected chi connectivity index (χ3v) is 19.4. The molecule has 0 spiro atoms. The summed E-state index contributed by atoms with van der Waals surface area (Å²) in [6, 6.07) is 36.8. The van der Waals surface area contributed by atoms with Crippen LogP contribution in [0.5, 0.6) is 0 Å². The largest absolute Gasteiger partial charge is 0.288 e. The molecule has 0 saturated heterocycles. The van der Waals surface area contributed by atoms with Gasteiger partial charge in [0.25, 0.3) is 0 Å². The number of hydrogen-bond acceptors (Lipinski definition) is 8. The summed E-state index contributed by atoms with van der Waals surface area (Å²) in [6.45, 7) is 27.5. The Balaban J connectivity index is 1.41. The van der Waals surface area contributed by atoms with E-state index in [1.807, 2.05) is 36.4 Å². The van der Waals surface area contributed by atoms with Crippen LogP contribution in [0.1, 0.15) is 193 Å². The van der Waals surface area contributed by atoms with Crippen molar-refractivity contribution >= 4 is 79.6 Å². The predicted molar refractivity (Wildman–Crippen MR) is 302 cm³/mol. The second kappa shape index (κ2) is 19.2. The van der Waals surface area contributed by atoms with Gasteiger partial charge >= 0.3 is 0 Å². The second-order valence-corrected chi connectivity index (χ2v) is 25.5. The highest BCUT2D eigenvalue weighted by Gasteiger charge is 2.35. The molecule has 0 bridgehead atoms. The van der Waals surface area contributed by atoms with Crippen molar-refractivity contribution in [2.75, 3.05) is 0 Å². The fraction of sp³-hybridized carbons (Fsp3) is 0.281. The van der Waals surface area contributed by atoms with Gasteiger partial charge in [0.15, 0.2) is 23.1 Å². The Hall–Kier alpha value is -5.90. The number of ketones is 4. The summed E-state index contributed by atoms with van der Waals surface area (Å²) in [5.74, 6) is 0.762. The zero-order valence-corrected chi connectivity index (χ0v) is 46.4. The number of carbonyl (C=O) groups is 4. The van der Waals surface area contributed by atoms with Crippen LogP contribution in [0.3, 0.4) is 0 Å². The van der Waals surface area contributed by atoms with E-state index < -0.39 is 0 Å². The molecular formula is C64H60O4S4. The molecule has 0 amide bonds. The number of fused-ring (bicyclic) bond motifs is 2. The van der Waals surface area contributed by atoms with E-state index in [0.717, 1.165) is 18.1 Å². The first kappa shape index (κ1) is 49.7. The summed E-state index contributed by atoms with van der Waals surface area (Å²) in [5, 5.41) is 0. The van der Waals surface area contributed by atoms with Gasteiger partial charge in [0.05, 0.1) is 20.2 Å². The molecule has 0 N–H and O–H groups in total. The van der Waals surface area contributed by atoms with Crippen molar-refractivity contribution in [2.24, 2.45) is 0 Å². The summed E-state index contributed by atoms with van der Waals surface area (Å²) in [6.07, 6.45) is 0. The normalized spacial score (nSPS) is 15.3. The van der Waals surface area contributed by atoms with E-state index in [-0.39, 0.29) is 58.0 Å². The lowest BCUT2D eigenvalue weighted by Crippen LogP contribution is -2.10. The van der Waals surface area contributed by atoms with Crippen LogP contribution in [0.25, 0.3) is 33.4 Å². The van der Waals surface area contributed by atoms with Gasteiger partial charge in [0.1, 0.15) is 0 Å². The molecule has 4 aromatic heterocycles. The fourth-order valence-electron chi connectivity index (χ4n) is 10.4. The summed E-state index contributed by atoms with van der Waals surface area (Å²) in [7, 11) is 0. The highest BCUT2D eigenvalue weighted by atomic mass is 32.1. The fourth-order valence-corrected chi connectivity index (χ4v) is 15.2. The van der Waals surface area contributed by atoms with Gasteiger partial charge in [0.2, 0.25) is 0 Å². The molecule has 2 aliphatic carbocycles. The van der Waals surface area contributed by atoms with Crippen LogP contribution >= 0.6 is 45.3 Å². The first-order valence-corrected chi connectivity index (χ1v) is 28.6. The van der Waals surface area contributed by atoms with Crippen LogP contribution in [0, 0.1) is 27.2 Å². The maximum atomic E-state index is 13.8. The van der Waals surface area contributed by atoms with Gasteiger partial charge in [-0.15, -0.1) is 45.3 Å². The molecule has 364 valence electrons. The Morgan fingerprint density at radius 3 is 0.833 bits per heavy atom. The highest BCUT2D eigenvalue weighted by molar-refractivity contribution is 7.14. The SMILES string of the molecule is CC(C)c1cc(C(C)C)c(-c2c/c(=c3/ccc(=C4C(=O)c5ccccc5C4=O)s3)s/c2=c2/s/c(=c3\ccc(=C4C(=O)c5ccccc5C4=O)s3)cc2-c2c(C(C)C)cc(C(C)C)cc2C(C)C)c(C(C)C)c1. The van der Waals surface area contributed by atoms with E-state index in [1.165, 1.54) is 87.4 Å². The molecule has 8 aromatic rings. The molecule has 10 rings (SSSR count). The average molecular weight is 1020 g/mol. The van der Waals surface area contributed by atoms with E-state index in [2.05, 4.69) is 132 Å². The van der Waals surface area contributed by atoms with Crippen LogP contribution in [-0.4, -0.2) is 23.1 Å². The van der Waals surface area contributed by atoms with Crippen LogP contribution < -0.4 is 9.06 Å². The van der Waals surface area contributed by atoms with Crippen molar-refractivity contribution in [3.05, 3.63) is 201 Å². The van der Waals surface area contributed by atoms with Gasteiger partial charge in [-0.25, -0.2) is 0 Å². The Morgan fingerprint density at radius 2 is 0.569 bits per heavy atom. The molecule has 4 aromatic carbocycles. The third kappa shape index (κ3) is 8.42. The number of thiophene rings is 4. The van der Waals surface area contributed by atoms with Crippen molar-refractivity contribution in [1.29, 1.82) is 0 Å². The minimum Gasteiger partial charge on any atom is -0.288 e. The maximum absolute atomic E-state index is 13.8. The maximum Gasteiger partial charge on any atom is 0.199 e. The lowest BCUT2D eigenvalue weighted by molar-refractivity contribution is 0.101. The van der Waals surface area contributed by atoms with Crippen molar-refractivity contribution in [3.63, 3.8) is 0 Å². The van der Waals surface area contributed by atoms with Gasteiger partial charge in [-0.05, 0) is 116 Å². The minimum absolute atomic E-state index is 0.215. The molecule has 0 fully saturated rings. The number of hydrogen-bond donors (Lipinski definition) is 0. The van der Waals surface area contributed by atoms with E-state index in [4.69, 9.17) is 0 Å². The van der Waals surface area contributed by atoms with Gasteiger partial charge in [-0.1, -0.05) is 156 Å². The average Bonchev–Trinajstić information content (AvgIpc) is 4.23. The topological polar surface area (TPSA) is 68.3 Å². The Morgan fingerprint density at radius 1 is 0.292 bits per heavy atom. The first-order chi connectivity index (χ1) is 34.3. The van der Waals surface area contributed by atoms with Gasteiger partial charge in [0, 0.05) is 60.6 Å². The molecular weight excluding hydrogens is 961 g/mol. The number of benzene rings is 4. The molecule has 72 heavy (non-hydrogen) atoms. The van der Waals surface area contributed by atoms with Gasteiger partial charge < -0.3 is 0 Å². The molecule has 0 aliphatic heterocycles. The van der Waals surface area contributed by atoms with Crippen molar-refractivity contribution < 1.29 is 19.2 Å². The van der Waals surface area contributed by atoms with Gasteiger partial charge in [-0.2, -0.15) is 0 Å². The summed E-state index contributed by atoms with van der Waals surface area (Å²) < 4.78 is 7.84. The van der Waals surface area contributed by atoms with Crippen molar-refractivity contribution in [2.45, 2.75) is 119 Å². The zero-order chi connectivity index (χ0) is 51.2. The third-order valence-electron chi connectivity index (χ3n) is 14.4. The van der Waals surface area contributed by atoms with Crippen LogP contribution in [0.4, 0.5) is 0 Å². The molecule has 4 heterocycles. The lowest BCUT2D eigenvalue weighted by atomic mass is 9.81. The highest BCUT2D eigenvalue weighted by Crippen LogP contribution is 2.45. The summed E-state index contributed by atoms with van der Waals surface area (Å²) in [5.41, 5.74) is 15.1. The van der Waals surface area contributed by atoms with E-state index in [0.29, 0.717) is 43.2 Å². The first-order valence-electron chi connectivity index (χ1n) is 25.3. The molecule has 2 aliphatic rings. The number of rotatable bonds is 8. The quantitative estimate of drug-likeness (QED) is 0.152. The van der Waals surface area contributed by atoms with Crippen LogP contribution in [0.2, 0.25) is 0 Å². The van der Waals surface area contributed by atoms with Crippen LogP contribution in [0.15, 0.2) is 109 Å². The van der Waals surface area contributed by atoms with E-state index in [9.17, 15) is 19.2 Å². The Bertz CT molecular complexity index is 3640. The Kier molecular flexibility index (Phi) is 13.2. The minimum atomic E-state index is -0.215.